The zero-order valence-electron chi connectivity index (χ0n) is 6.17. The van der Waals surface area contributed by atoms with Gasteiger partial charge in [0.25, 0.3) is 5.56 Å². The molecule has 1 aromatic rings. The van der Waals surface area contributed by atoms with Gasteiger partial charge in [0.05, 0.1) is 5.03 Å². The number of nitrogens with zero attached hydrogens (tertiary/aromatic N) is 1. The zero-order valence-corrected chi connectivity index (χ0v) is 6.99. The van der Waals surface area contributed by atoms with Crippen LogP contribution < -0.4 is 11.2 Å². The Labute approximate surface area is 71.4 Å². The highest BCUT2D eigenvalue weighted by atomic mass is 32.2. The van der Waals surface area contributed by atoms with Crippen LogP contribution in [0.1, 0.15) is 5.56 Å². The predicted molar refractivity (Wildman–Crippen MR) is 44.2 cm³/mol. The van der Waals surface area contributed by atoms with Gasteiger partial charge in [-0.3, -0.25) is 9.78 Å². The Morgan fingerprint density at radius 3 is 2.58 bits per heavy atom. The lowest BCUT2D eigenvalue weighted by molar-refractivity contribution is 0.937. The minimum absolute atomic E-state index is 0.0536. The van der Waals surface area contributed by atoms with Crippen LogP contribution in [0.25, 0.3) is 0 Å². The van der Waals surface area contributed by atoms with E-state index in [1.165, 1.54) is 0 Å². The number of hydrogen-bond acceptors (Lipinski definition) is 4. The molecule has 12 heavy (non-hydrogen) atoms. The van der Waals surface area contributed by atoms with Crippen molar-refractivity contribution in [2.45, 2.75) is 5.03 Å². The summed E-state index contributed by atoms with van der Waals surface area (Å²) in [4.78, 5) is 26.0. The first kappa shape index (κ1) is 8.62. The van der Waals surface area contributed by atoms with E-state index in [1.54, 1.807) is 12.3 Å². The van der Waals surface area contributed by atoms with E-state index in [0.29, 0.717) is 5.03 Å². The Morgan fingerprint density at radius 1 is 1.42 bits per heavy atom. The molecule has 6 heteroatoms. The lowest BCUT2D eigenvalue weighted by Gasteiger charge is -1.95. The van der Waals surface area contributed by atoms with Crippen LogP contribution in [-0.4, -0.2) is 16.2 Å². The van der Waals surface area contributed by atoms with Gasteiger partial charge >= 0.3 is 5.69 Å². The third kappa shape index (κ3) is 1.40. The van der Waals surface area contributed by atoms with Crippen LogP contribution in [0, 0.1) is 11.3 Å². The average Bonchev–Trinajstić information content (AvgIpc) is 2.03. The fourth-order valence-electron chi connectivity index (χ4n) is 0.720. The molecule has 0 saturated carbocycles. The first-order valence-electron chi connectivity index (χ1n) is 2.99. The molecule has 5 nitrogen and oxygen atoms in total. The van der Waals surface area contributed by atoms with E-state index in [0.717, 1.165) is 11.8 Å². The van der Waals surface area contributed by atoms with Crippen molar-refractivity contribution in [1.29, 1.82) is 5.26 Å². The lowest BCUT2D eigenvalue weighted by Crippen LogP contribution is -2.25. The van der Waals surface area contributed by atoms with Crippen LogP contribution in [0.2, 0.25) is 0 Å². The van der Waals surface area contributed by atoms with E-state index < -0.39 is 11.2 Å². The Morgan fingerprint density at radius 2 is 2.08 bits per heavy atom. The second-order valence-corrected chi connectivity index (χ2v) is 2.74. The molecule has 0 aliphatic heterocycles. The van der Waals surface area contributed by atoms with Crippen molar-refractivity contribution in [1.82, 2.24) is 9.97 Å². The largest absolute Gasteiger partial charge is 0.326 e. The first-order chi connectivity index (χ1) is 5.69. The number of H-pyrrole nitrogens is 2. The molecule has 0 atom stereocenters. The van der Waals surface area contributed by atoms with Crippen LogP contribution in [0.3, 0.4) is 0 Å². The Kier molecular flexibility index (Phi) is 2.35. The highest BCUT2D eigenvalue weighted by molar-refractivity contribution is 7.98. The second kappa shape index (κ2) is 3.28. The third-order valence-corrected chi connectivity index (χ3v) is 1.94. The van der Waals surface area contributed by atoms with Crippen molar-refractivity contribution in [3.05, 3.63) is 26.4 Å². The summed E-state index contributed by atoms with van der Waals surface area (Å²) in [7, 11) is 0. The number of aromatic nitrogens is 2. The first-order valence-corrected chi connectivity index (χ1v) is 4.22. The van der Waals surface area contributed by atoms with E-state index >= 15 is 0 Å². The molecule has 0 saturated heterocycles. The molecule has 1 rings (SSSR count). The van der Waals surface area contributed by atoms with Gasteiger partial charge in [0.15, 0.2) is 0 Å². The summed E-state index contributed by atoms with van der Waals surface area (Å²) in [6, 6.07) is 1.71. The maximum Gasteiger partial charge on any atom is 0.326 e. The van der Waals surface area contributed by atoms with Gasteiger partial charge < -0.3 is 4.98 Å². The zero-order chi connectivity index (χ0) is 9.14. The van der Waals surface area contributed by atoms with Crippen LogP contribution in [-0.2, 0) is 0 Å². The van der Waals surface area contributed by atoms with Crippen LogP contribution in [0.4, 0.5) is 0 Å². The van der Waals surface area contributed by atoms with Crippen molar-refractivity contribution in [2.75, 3.05) is 6.26 Å². The van der Waals surface area contributed by atoms with Crippen LogP contribution in [0.5, 0.6) is 0 Å². The van der Waals surface area contributed by atoms with E-state index in [2.05, 4.69) is 4.98 Å². The Hall–Kier alpha value is -1.48. The van der Waals surface area contributed by atoms with Gasteiger partial charge in [-0.2, -0.15) is 5.26 Å². The van der Waals surface area contributed by atoms with E-state index in [1.807, 2.05) is 4.98 Å². The number of aromatic amines is 2. The molecule has 0 aliphatic rings. The molecule has 0 bridgehead atoms. The fraction of sp³-hybridized carbons (Fsp3) is 0.167. The van der Waals surface area contributed by atoms with Gasteiger partial charge in [0, 0.05) is 0 Å². The van der Waals surface area contributed by atoms with Crippen molar-refractivity contribution < 1.29 is 0 Å². The summed E-state index contributed by atoms with van der Waals surface area (Å²) in [6.07, 6.45) is 1.67. The molecule has 0 unspecified atom stereocenters. The molecule has 0 aliphatic carbocycles. The lowest BCUT2D eigenvalue weighted by atomic mass is 10.4. The maximum absolute atomic E-state index is 10.9. The van der Waals surface area contributed by atoms with E-state index in [4.69, 9.17) is 5.26 Å². The molecule has 1 heterocycles. The molecule has 1 aromatic heterocycles. The predicted octanol–water partition coefficient (Wildman–Crippen LogP) is -0.343. The highest BCUT2D eigenvalue weighted by Gasteiger charge is 2.06. The molecular weight excluding hydrogens is 178 g/mol. The molecule has 62 valence electrons. The highest BCUT2D eigenvalue weighted by Crippen LogP contribution is 2.10. The van der Waals surface area contributed by atoms with Crippen molar-refractivity contribution >= 4 is 11.8 Å². The number of nitriles is 1. The van der Waals surface area contributed by atoms with Gasteiger partial charge in [-0.1, -0.05) is 0 Å². The van der Waals surface area contributed by atoms with E-state index in [9.17, 15) is 9.59 Å². The molecular formula is C6H5N3O2S. The summed E-state index contributed by atoms with van der Waals surface area (Å²) in [5.74, 6) is 0. The molecule has 0 radical (unpaired) electrons. The Balaban J connectivity index is 3.58. The van der Waals surface area contributed by atoms with Gasteiger partial charge in [-0.15, -0.1) is 11.8 Å². The van der Waals surface area contributed by atoms with Crippen LogP contribution in [0.15, 0.2) is 14.6 Å². The standard InChI is InChI=1S/C6H5N3O2S/c1-12-5-3(2-7)4(10)8-6(11)9-5/h1H3,(H2,8,9,10,11). The molecule has 2 N–H and O–H groups in total. The molecule has 0 spiro atoms. The fourth-order valence-corrected chi connectivity index (χ4v) is 1.26. The smallest absolute Gasteiger partial charge is 0.301 e. The van der Waals surface area contributed by atoms with E-state index in [-0.39, 0.29) is 5.56 Å². The van der Waals surface area contributed by atoms with Crippen molar-refractivity contribution in [3.63, 3.8) is 0 Å². The quantitative estimate of drug-likeness (QED) is 0.460. The second-order valence-electron chi connectivity index (χ2n) is 1.93. The number of hydrogen-bond donors (Lipinski definition) is 2. The monoisotopic (exact) mass is 183 g/mol. The molecule has 0 aromatic carbocycles. The van der Waals surface area contributed by atoms with Gasteiger partial charge in [-0.05, 0) is 6.26 Å². The van der Waals surface area contributed by atoms with Crippen molar-refractivity contribution in [2.24, 2.45) is 0 Å². The summed E-state index contributed by atoms with van der Waals surface area (Å²) >= 11 is 1.15. The molecule has 0 amide bonds. The third-order valence-electron chi connectivity index (χ3n) is 1.22. The Bertz CT molecular complexity index is 439. The summed E-state index contributed by atoms with van der Waals surface area (Å²) in [6.45, 7) is 0. The summed E-state index contributed by atoms with van der Waals surface area (Å²) < 4.78 is 0. The number of nitrogens with one attached hydrogen (secondary N) is 2. The number of thioether (sulfide) groups is 1. The molecule has 0 fully saturated rings. The normalized spacial score (nSPS) is 9.33. The summed E-state index contributed by atoms with van der Waals surface area (Å²) in [5, 5.41) is 8.81. The average molecular weight is 183 g/mol. The SMILES string of the molecule is CSc1[nH]c(=O)[nH]c(=O)c1C#N. The van der Waals surface area contributed by atoms with Crippen molar-refractivity contribution in [3.8, 4) is 6.07 Å². The minimum atomic E-state index is -0.648. The minimum Gasteiger partial charge on any atom is -0.301 e. The summed E-state index contributed by atoms with van der Waals surface area (Å²) in [5.41, 5.74) is -1.30. The number of rotatable bonds is 1. The van der Waals surface area contributed by atoms with Crippen LogP contribution >= 0.6 is 11.8 Å². The van der Waals surface area contributed by atoms with Gasteiger partial charge in [0.1, 0.15) is 11.6 Å². The van der Waals surface area contributed by atoms with Gasteiger partial charge in [0.2, 0.25) is 0 Å². The maximum atomic E-state index is 10.9. The van der Waals surface area contributed by atoms with Gasteiger partial charge in [-0.25, -0.2) is 4.79 Å². The topological polar surface area (TPSA) is 89.5 Å².